The van der Waals surface area contributed by atoms with Crippen molar-refractivity contribution in [1.29, 1.82) is 0 Å². The van der Waals surface area contributed by atoms with Crippen LogP contribution in [-0.4, -0.2) is 56.7 Å². The van der Waals surface area contributed by atoms with E-state index in [-0.39, 0.29) is 19.9 Å². The average Bonchev–Trinajstić information content (AvgIpc) is 3.26. The third kappa shape index (κ3) is 3.76. The van der Waals surface area contributed by atoms with Gasteiger partial charge in [-0.1, -0.05) is 0 Å². The lowest BCUT2D eigenvalue weighted by Gasteiger charge is -2.16. The maximum atomic E-state index is 9.73. The number of aliphatic hydroxyl groups excluding tert-OH is 2. The number of rotatable bonds is 8. The summed E-state index contributed by atoms with van der Waals surface area (Å²) in [5.41, 5.74) is 3.91. The number of aliphatic hydroxyl groups is 2. The van der Waals surface area contributed by atoms with Crippen LogP contribution in [0.2, 0.25) is 0 Å². The summed E-state index contributed by atoms with van der Waals surface area (Å²) in [6.07, 6.45) is 0. The molecule has 2 N–H and O–H groups in total. The van der Waals surface area contributed by atoms with E-state index in [9.17, 15) is 10.2 Å². The molecule has 0 fully saturated rings. The fourth-order valence-electron chi connectivity index (χ4n) is 3.34. The molecular formula is C21H24N2O6. The minimum atomic E-state index is -0.236. The number of hydrogen-bond acceptors (Lipinski definition) is 8. The summed E-state index contributed by atoms with van der Waals surface area (Å²) in [6.45, 7) is -0.191. The van der Waals surface area contributed by atoms with Crippen molar-refractivity contribution in [2.45, 2.75) is 13.2 Å². The van der Waals surface area contributed by atoms with E-state index in [1.54, 1.807) is 33.5 Å². The van der Waals surface area contributed by atoms with Gasteiger partial charge in [-0.05, 0) is 29.8 Å². The van der Waals surface area contributed by atoms with Gasteiger partial charge in [0.05, 0.1) is 53.1 Å². The van der Waals surface area contributed by atoms with Gasteiger partial charge in [0.2, 0.25) is 5.75 Å². The molecule has 1 aliphatic heterocycles. The quantitative estimate of drug-likeness (QED) is 0.702. The van der Waals surface area contributed by atoms with Crippen LogP contribution >= 0.6 is 0 Å². The van der Waals surface area contributed by atoms with E-state index >= 15 is 0 Å². The Kier molecular flexibility index (Phi) is 6.36. The summed E-state index contributed by atoms with van der Waals surface area (Å²) < 4.78 is 21.7. The molecule has 0 aliphatic carbocycles. The Bertz CT molecular complexity index is 840. The van der Waals surface area contributed by atoms with Crippen LogP contribution in [0.15, 0.2) is 34.3 Å². The topological polar surface area (TPSA) is 102 Å². The van der Waals surface area contributed by atoms with E-state index in [1.807, 2.05) is 12.1 Å². The van der Waals surface area contributed by atoms with Crippen molar-refractivity contribution in [2.75, 3.05) is 35.1 Å². The molecule has 1 heterocycles. The van der Waals surface area contributed by atoms with E-state index in [0.29, 0.717) is 45.5 Å². The monoisotopic (exact) mass is 400 g/mol. The number of nitrogens with zero attached hydrogens (tertiary/aromatic N) is 2. The Morgan fingerprint density at radius 3 is 1.69 bits per heavy atom. The highest BCUT2D eigenvalue weighted by Crippen LogP contribution is 2.39. The van der Waals surface area contributed by atoms with Gasteiger partial charge >= 0.3 is 0 Å². The Labute approximate surface area is 169 Å². The van der Waals surface area contributed by atoms with Gasteiger partial charge in [0.25, 0.3) is 0 Å². The number of benzene rings is 2. The summed E-state index contributed by atoms with van der Waals surface area (Å²) in [5.74, 6) is 2.00. The van der Waals surface area contributed by atoms with Crippen molar-refractivity contribution in [3.8, 4) is 23.0 Å². The van der Waals surface area contributed by atoms with E-state index in [0.717, 1.165) is 11.1 Å². The van der Waals surface area contributed by atoms with E-state index in [4.69, 9.17) is 18.9 Å². The number of hydrogen-bond donors (Lipinski definition) is 2. The minimum Gasteiger partial charge on any atom is -0.496 e. The van der Waals surface area contributed by atoms with E-state index < -0.39 is 0 Å². The lowest BCUT2D eigenvalue weighted by Crippen LogP contribution is -2.16. The van der Waals surface area contributed by atoms with Crippen molar-refractivity contribution in [3.63, 3.8) is 0 Å². The van der Waals surface area contributed by atoms with Gasteiger partial charge in [-0.25, -0.2) is 0 Å². The average molecular weight is 400 g/mol. The molecule has 154 valence electrons. The van der Waals surface area contributed by atoms with Gasteiger partial charge in [0.1, 0.15) is 12.4 Å². The largest absolute Gasteiger partial charge is 0.496 e. The molecule has 29 heavy (non-hydrogen) atoms. The molecule has 0 spiro atoms. The van der Waals surface area contributed by atoms with E-state index in [2.05, 4.69) is 9.98 Å². The summed E-state index contributed by atoms with van der Waals surface area (Å²) in [7, 11) is 6.17. The first-order valence-electron chi connectivity index (χ1n) is 8.93. The van der Waals surface area contributed by atoms with Crippen LogP contribution in [0, 0.1) is 0 Å². The summed E-state index contributed by atoms with van der Waals surface area (Å²) in [6, 6.07) is 7.19. The maximum Gasteiger partial charge on any atom is 0.203 e. The maximum absolute atomic E-state index is 9.73. The number of ether oxygens (including phenoxy) is 4. The second-order valence-electron chi connectivity index (χ2n) is 6.20. The highest BCUT2D eigenvalue weighted by Gasteiger charge is 2.24. The third-order valence-corrected chi connectivity index (χ3v) is 4.74. The van der Waals surface area contributed by atoms with Crippen molar-refractivity contribution in [2.24, 2.45) is 9.98 Å². The second kappa shape index (κ2) is 8.93. The fraction of sp³-hybridized carbons (Fsp3) is 0.333. The normalized spacial score (nSPS) is 13.0. The zero-order chi connectivity index (χ0) is 21.0. The van der Waals surface area contributed by atoms with Gasteiger partial charge < -0.3 is 29.2 Å². The zero-order valence-electron chi connectivity index (χ0n) is 16.9. The predicted molar refractivity (Wildman–Crippen MR) is 109 cm³/mol. The van der Waals surface area contributed by atoms with Crippen molar-refractivity contribution in [1.82, 2.24) is 0 Å². The molecule has 0 aromatic heterocycles. The van der Waals surface area contributed by atoms with Gasteiger partial charge in [0, 0.05) is 16.7 Å². The summed E-state index contributed by atoms with van der Waals surface area (Å²) in [5, 5.41) is 19.4. The van der Waals surface area contributed by atoms with Crippen molar-refractivity contribution < 1.29 is 29.2 Å². The van der Waals surface area contributed by atoms with Crippen molar-refractivity contribution in [3.05, 3.63) is 46.5 Å². The lowest BCUT2D eigenvalue weighted by molar-refractivity contribution is 0.254. The molecule has 2 aromatic rings. The molecule has 0 saturated carbocycles. The van der Waals surface area contributed by atoms with Crippen molar-refractivity contribution >= 4 is 11.4 Å². The summed E-state index contributed by atoms with van der Waals surface area (Å²) in [4.78, 5) is 9.06. The van der Waals surface area contributed by atoms with Gasteiger partial charge in [-0.2, -0.15) is 0 Å². The van der Waals surface area contributed by atoms with Crippen LogP contribution in [-0.2, 0) is 13.2 Å². The molecule has 0 unspecified atom stereocenters. The van der Waals surface area contributed by atoms with Crippen LogP contribution in [0.4, 0.5) is 0 Å². The van der Waals surface area contributed by atoms with Crippen LogP contribution < -0.4 is 18.9 Å². The van der Waals surface area contributed by atoms with E-state index in [1.165, 1.54) is 7.11 Å². The number of methoxy groups -OCH3 is 4. The van der Waals surface area contributed by atoms with Crippen LogP contribution in [0.1, 0.15) is 22.3 Å². The predicted octanol–water partition coefficient (Wildman–Crippen LogP) is 1.96. The first-order valence-corrected chi connectivity index (χ1v) is 8.93. The molecule has 2 aromatic carbocycles. The minimum absolute atomic E-state index is 0.232. The first-order chi connectivity index (χ1) is 14.1. The SMILES string of the molecule is COc1cc(C2=NCN=C2c2cc(OC)c(OC)c(OC)c2)cc(CO)c1CO. The zero-order valence-corrected chi connectivity index (χ0v) is 16.9. The molecule has 0 amide bonds. The molecule has 0 radical (unpaired) electrons. The molecule has 0 atom stereocenters. The third-order valence-electron chi connectivity index (χ3n) is 4.74. The summed E-state index contributed by atoms with van der Waals surface area (Å²) >= 11 is 0. The molecule has 1 aliphatic rings. The Balaban J connectivity index is 2.10. The van der Waals surface area contributed by atoms with Gasteiger partial charge in [0.15, 0.2) is 11.5 Å². The first kappa shape index (κ1) is 20.6. The Hall–Kier alpha value is -3.10. The van der Waals surface area contributed by atoms with Gasteiger partial charge in [-0.3, -0.25) is 9.98 Å². The second-order valence-corrected chi connectivity index (χ2v) is 6.20. The molecular weight excluding hydrogens is 376 g/mol. The molecule has 0 bridgehead atoms. The Morgan fingerprint density at radius 2 is 1.24 bits per heavy atom. The van der Waals surface area contributed by atoms with Crippen LogP contribution in [0.25, 0.3) is 0 Å². The van der Waals surface area contributed by atoms with Crippen LogP contribution in [0.3, 0.4) is 0 Å². The van der Waals surface area contributed by atoms with Gasteiger partial charge in [-0.15, -0.1) is 0 Å². The number of aliphatic imine (C=N–C) groups is 2. The molecule has 8 heteroatoms. The smallest absolute Gasteiger partial charge is 0.203 e. The highest BCUT2D eigenvalue weighted by atomic mass is 16.5. The fourth-order valence-corrected chi connectivity index (χ4v) is 3.34. The molecule has 3 rings (SSSR count). The van der Waals surface area contributed by atoms with Crippen LogP contribution in [0.5, 0.6) is 23.0 Å². The molecule has 0 saturated heterocycles. The Morgan fingerprint density at radius 1 is 0.724 bits per heavy atom. The molecule has 8 nitrogen and oxygen atoms in total. The lowest BCUT2D eigenvalue weighted by atomic mass is 9.95. The highest BCUT2D eigenvalue weighted by molar-refractivity contribution is 6.54. The standard InChI is InChI=1S/C21H24N2O6/c1-26-16-6-12(5-14(9-24)15(16)10-25)19-20(23-11-22-19)13-7-17(27-2)21(29-4)18(8-13)28-3/h5-8,24-25H,9-11H2,1-4H3.